The molecule has 0 aliphatic carbocycles. The number of ether oxygens (including phenoxy) is 1. The first-order valence-electron chi connectivity index (χ1n) is 8.63. The van der Waals surface area contributed by atoms with Crippen LogP contribution in [0, 0.1) is 0 Å². The molecule has 0 aliphatic rings. The number of allylic oxidation sites excluding steroid dienone is 1. The third kappa shape index (κ3) is 5.97. The minimum atomic E-state index is -0.255. The van der Waals surface area contributed by atoms with Gasteiger partial charge in [-0.3, -0.25) is 4.79 Å². The first kappa shape index (κ1) is 18.1. The summed E-state index contributed by atoms with van der Waals surface area (Å²) in [6.07, 6.45) is 5.24. The lowest BCUT2D eigenvalue weighted by Crippen LogP contribution is -2.17. The SMILES string of the molecule is O=C(N/N=C/C=C/c1ccccc1)c1ccc(COc2ccccc2)cc1. The molecule has 3 aromatic rings. The molecule has 0 aromatic heterocycles. The summed E-state index contributed by atoms with van der Waals surface area (Å²) >= 11 is 0. The molecule has 0 aliphatic heterocycles. The van der Waals surface area contributed by atoms with Crippen molar-refractivity contribution in [1.82, 2.24) is 5.43 Å². The zero-order valence-electron chi connectivity index (χ0n) is 14.8. The normalized spacial score (nSPS) is 11.0. The van der Waals surface area contributed by atoms with Crippen LogP contribution in [0.2, 0.25) is 0 Å². The molecule has 0 saturated heterocycles. The van der Waals surface area contributed by atoms with Gasteiger partial charge in [0.2, 0.25) is 0 Å². The predicted octanol–water partition coefficient (Wildman–Crippen LogP) is 4.69. The van der Waals surface area contributed by atoms with E-state index in [-0.39, 0.29) is 5.91 Å². The number of nitrogens with one attached hydrogen (secondary N) is 1. The van der Waals surface area contributed by atoms with Gasteiger partial charge in [0.05, 0.1) is 0 Å². The highest BCUT2D eigenvalue weighted by Crippen LogP contribution is 2.12. The molecule has 27 heavy (non-hydrogen) atoms. The second-order valence-electron chi connectivity index (χ2n) is 5.79. The van der Waals surface area contributed by atoms with Crippen LogP contribution in [0.4, 0.5) is 0 Å². The monoisotopic (exact) mass is 356 g/mol. The van der Waals surface area contributed by atoms with E-state index in [4.69, 9.17) is 4.74 Å². The third-order valence-electron chi connectivity index (χ3n) is 3.78. The van der Waals surface area contributed by atoms with E-state index in [0.29, 0.717) is 12.2 Å². The highest BCUT2D eigenvalue weighted by molar-refractivity contribution is 5.94. The Balaban J connectivity index is 1.47. The molecule has 134 valence electrons. The molecule has 0 heterocycles. The molecule has 1 N–H and O–H groups in total. The number of hydrazone groups is 1. The van der Waals surface area contributed by atoms with Crippen molar-refractivity contribution in [3.8, 4) is 5.75 Å². The second kappa shape index (κ2) is 9.73. The van der Waals surface area contributed by atoms with Gasteiger partial charge in [0.15, 0.2) is 0 Å². The number of carbonyl (C=O) groups excluding carboxylic acids is 1. The van der Waals surface area contributed by atoms with Crippen molar-refractivity contribution >= 4 is 18.2 Å². The summed E-state index contributed by atoms with van der Waals surface area (Å²) in [6, 6.07) is 26.8. The molecule has 1 amide bonds. The number of benzene rings is 3. The minimum absolute atomic E-state index is 0.255. The summed E-state index contributed by atoms with van der Waals surface area (Å²) in [5, 5.41) is 3.93. The van der Waals surface area contributed by atoms with Gasteiger partial charge >= 0.3 is 0 Å². The van der Waals surface area contributed by atoms with Gasteiger partial charge in [-0.2, -0.15) is 5.10 Å². The van der Waals surface area contributed by atoms with Crippen molar-refractivity contribution in [2.24, 2.45) is 5.10 Å². The predicted molar refractivity (Wildman–Crippen MR) is 109 cm³/mol. The molecule has 3 aromatic carbocycles. The smallest absolute Gasteiger partial charge is 0.271 e. The standard InChI is InChI=1S/C23H20N2O2/c26-23(25-24-17-7-10-19-8-3-1-4-9-19)21-15-13-20(14-16-21)18-27-22-11-5-2-6-12-22/h1-17H,18H2,(H,25,26)/b10-7+,24-17+. The van der Waals surface area contributed by atoms with E-state index >= 15 is 0 Å². The maximum atomic E-state index is 12.1. The highest BCUT2D eigenvalue weighted by atomic mass is 16.5. The van der Waals surface area contributed by atoms with Crippen molar-refractivity contribution < 1.29 is 9.53 Å². The Bertz CT molecular complexity index is 902. The van der Waals surface area contributed by atoms with Crippen LogP contribution in [-0.2, 0) is 6.61 Å². The lowest BCUT2D eigenvalue weighted by Gasteiger charge is -2.06. The quantitative estimate of drug-likeness (QED) is 0.493. The fourth-order valence-corrected chi connectivity index (χ4v) is 2.36. The van der Waals surface area contributed by atoms with Crippen LogP contribution in [-0.4, -0.2) is 12.1 Å². The van der Waals surface area contributed by atoms with E-state index in [1.807, 2.05) is 78.9 Å². The number of para-hydroxylation sites is 1. The van der Waals surface area contributed by atoms with Gasteiger partial charge in [0.25, 0.3) is 5.91 Å². The molecule has 0 radical (unpaired) electrons. The summed E-state index contributed by atoms with van der Waals surface area (Å²) < 4.78 is 5.69. The second-order valence-corrected chi connectivity index (χ2v) is 5.79. The number of nitrogens with zero attached hydrogens (tertiary/aromatic N) is 1. The van der Waals surface area contributed by atoms with E-state index < -0.39 is 0 Å². The maximum Gasteiger partial charge on any atom is 0.271 e. The Kier molecular flexibility index (Phi) is 6.54. The lowest BCUT2D eigenvalue weighted by molar-refractivity contribution is 0.0955. The molecular formula is C23H20N2O2. The van der Waals surface area contributed by atoms with Crippen LogP contribution >= 0.6 is 0 Å². The number of amides is 1. The van der Waals surface area contributed by atoms with Crippen molar-refractivity contribution in [2.75, 3.05) is 0 Å². The van der Waals surface area contributed by atoms with Gasteiger partial charge in [0, 0.05) is 11.8 Å². The average Bonchev–Trinajstić information content (AvgIpc) is 2.74. The molecule has 4 nitrogen and oxygen atoms in total. The zero-order chi connectivity index (χ0) is 18.7. The summed E-state index contributed by atoms with van der Waals surface area (Å²) in [5.74, 6) is 0.562. The Labute approximate surface area is 158 Å². The average molecular weight is 356 g/mol. The van der Waals surface area contributed by atoms with E-state index in [9.17, 15) is 4.79 Å². The van der Waals surface area contributed by atoms with Crippen LogP contribution < -0.4 is 10.2 Å². The van der Waals surface area contributed by atoms with Gasteiger partial charge < -0.3 is 4.74 Å². The van der Waals surface area contributed by atoms with Gasteiger partial charge in [-0.25, -0.2) is 5.43 Å². The van der Waals surface area contributed by atoms with Gasteiger partial charge in [-0.15, -0.1) is 0 Å². The van der Waals surface area contributed by atoms with E-state index in [2.05, 4.69) is 10.5 Å². The molecule has 0 fully saturated rings. The molecule has 0 spiro atoms. The van der Waals surface area contributed by atoms with Crippen molar-refractivity contribution in [2.45, 2.75) is 6.61 Å². The molecule has 0 bridgehead atoms. The van der Waals surface area contributed by atoms with Crippen molar-refractivity contribution in [3.63, 3.8) is 0 Å². The van der Waals surface area contributed by atoms with Crippen LogP contribution in [0.5, 0.6) is 5.75 Å². The van der Waals surface area contributed by atoms with Crippen molar-refractivity contribution in [1.29, 1.82) is 0 Å². The molecule has 0 atom stereocenters. The summed E-state index contributed by atoms with van der Waals surface area (Å²) in [5.41, 5.74) is 5.12. The van der Waals surface area contributed by atoms with Crippen LogP contribution in [0.1, 0.15) is 21.5 Å². The van der Waals surface area contributed by atoms with E-state index in [0.717, 1.165) is 16.9 Å². The molecule has 0 unspecified atom stereocenters. The summed E-state index contributed by atoms with van der Waals surface area (Å²) in [7, 11) is 0. The fraction of sp³-hybridized carbons (Fsp3) is 0.0435. The number of hydrogen-bond donors (Lipinski definition) is 1. The maximum absolute atomic E-state index is 12.1. The van der Waals surface area contributed by atoms with Crippen LogP contribution in [0.25, 0.3) is 6.08 Å². The molecule has 4 heteroatoms. The van der Waals surface area contributed by atoms with Gasteiger partial charge in [0.1, 0.15) is 12.4 Å². The largest absolute Gasteiger partial charge is 0.489 e. The van der Waals surface area contributed by atoms with E-state index in [1.54, 1.807) is 24.4 Å². The fourth-order valence-electron chi connectivity index (χ4n) is 2.36. The number of carbonyl (C=O) groups is 1. The first-order chi connectivity index (χ1) is 13.3. The minimum Gasteiger partial charge on any atom is -0.489 e. The Hall–Kier alpha value is -3.66. The molecule has 0 saturated carbocycles. The Morgan fingerprint density at radius 1 is 0.889 bits per heavy atom. The lowest BCUT2D eigenvalue weighted by atomic mass is 10.1. The third-order valence-corrected chi connectivity index (χ3v) is 3.78. The number of rotatable bonds is 7. The van der Waals surface area contributed by atoms with Gasteiger partial charge in [-0.1, -0.05) is 66.7 Å². The summed E-state index contributed by atoms with van der Waals surface area (Å²) in [4.78, 5) is 12.1. The van der Waals surface area contributed by atoms with Crippen LogP contribution in [0.15, 0.2) is 96.1 Å². The topological polar surface area (TPSA) is 50.7 Å². The zero-order valence-corrected chi connectivity index (χ0v) is 14.8. The van der Waals surface area contributed by atoms with Crippen molar-refractivity contribution in [3.05, 3.63) is 108 Å². The molecule has 3 rings (SSSR count). The Morgan fingerprint density at radius 3 is 2.26 bits per heavy atom. The summed E-state index contributed by atoms with van der Waals surface area (Å²) in [6.45, 7) is 0.453. The van der Waals surface area contributed by atoms with Crippen LogP contribution in [0.3, 0.4) is 0 Å². The van der Waals surface area contributed by atoms with E-state index in [1.165, 1.54) is 0 Å². The highest BCUT2D eigenvalue weighted by Gasteiger charge is 2.04. The van der Waals surface area contributed by atoms with Gasteiger partial charge in [-0.05, 0) is 41.5 Å². The number of hydrogen-bond acceptors (Lipinski definition) is 3. The first-order valence-corrected chi connectivity index (χ1v) is 8.63. The Morgan fingerprint density at radius 2 is 1.56 bits per heavy atom. The molecular weight excluding hydrogens is 336 g/mol.